The SMILES string of the molecule is c1ccc(-c2cccc(-c3cc(-c4cccc(-c5cc6nc(-c7ccccc7)cc(-c7ccccc7)c6c6ccccc56)c4)nc(-c4ccccc4)n3)c2)cc1. The zero-order chi connectivity index (χ0) is 37.3. The molecule has 3 nitrogen and oxygen atoms in total. The van der Waals surface area contributed by atoms with Gasteiger partial charge in [0, 0.05) is 27.6 Å². The van der Waals surface area contributed by atoms with Crippen LogP contribution in [0.25, 0.3) is 100 Å². The van der Waals surface area contributed by atoms with Crippen LogP contribution >= 0.6 is 0 Å². The van der Waals surface area contributed by atoms with Crippen molar-refractivity contribution in [1.29, 1.82) is 0 Å². The first-order valence-corrected chi connectivity index (χ1v) is 18.9. The fourth-order valence-electron chi connectivity index (χ4n) is 7.74. The minimum Gasteiger partial charge on any atom is -0.248 e. The van der Waals surface area contributed by atoms with Crippen molar-refractivity contribution in [2.75, 3.05) is 0 Å². The van der Waals surface area contributed by atoms with E-state index in [1.807, 2.05) is 30.3 Å². The van der Waals surface area contributed by atoms with Crippen LogP contribution in [0.1, 0.15) is 0 Å². The fourth-order valence-corrected chi connectivity index (χ4v) is 7.74. The Labute approximate surface area is 326 Å². The van der Waals surface area contributed by atoms with Crippen LogP contribution in [0, 0.1) is 0 Å². The van der Waals surface area contributed by atoms with Crippen molar-refractivity contribution in [2.45, 2.75) is 0 Å². The third-order valence-corrected chi connectivity index (χ3v) is 10.5. The van der Waals surface area contributed by atoms with E-state index in [1.165, 1.54) is 27.5 Å². The maximum absolute atomic E-state index is 5.35. The maximum Gasteiger partial charge on any atom is 0.160 e. The van der Waals surface area contributed by atoms with Gasteiger partial charge in [-0.3, -0.25) is 0 Å². The number of benzene rings is 8. The number of hydrogen-bond acceptors (Lipinski definition) is 3. The predicted octanol–water partition coefficient (Wildman–Crippen LogP) is 13.8. The number of nitrogens with zero attached hydrogens (tertiary/aromatic N) is 3. The number of rotatable bonds is 7. The smallest absolute Gasteiger partial charge is 0.160 e. The number of hydrogen-bond donors (Lipinski definition) is 0. The van der Waals surface area contributed by atoms with E-state index in [0.29, 0.717) is 5.82 Å². The van der Waals surface area contributed by atoms with E-state index >= 15 is 0 Å². The van der Waals surface area contributed by atoms with Crippen molar-refractivity contribution in [3.8, 4) is 78.5 Å². The van der Waals surface area contributed by atoms with Crippen molar-refractivity contribution in [2.24, 2.45) is 0 Å². The molecule has 0 fully saturated rings. The Morgan fingerprint density at radius 1 is 0.250 bits per heavy atom. The molecule has 2 heterocycles. The molecule has 2 aromatic heterocycles. The van der Waals surface area contributed by atoms with Gasteiger partial charge in [0.25, 0.3) is 0 Å². The molecule has 0 aliphatic heterocycles. The highest BCUT2D eigenvalue weighted by atomic mass is 14.9. The van der Waals surface area contributed by atoms with Crippen molar-refractivity contribution in [3.63, 3.8) is 0 Å². The van der Waals surface area contributed by atoms with Crippen molar-refractivity contribution in [1.82, 2.24) is 15.0 Å². The summed E-state index contributed by atoms with van der Waals surface area (Å²) in [6.07, 6.45) is 0. The molecule has 0 radical (unpaired) electrons. The molecule has 0 N–H and O–H groups in total. The van der Waals surface area contributed by atoms with E-state index in [1.54, 1.807) is 0 Å². The second-order valence-electron chi connectivity index (χ2n) is 14.0. The van der Waals surface area contributed by atoms with E-state index in [4.69, 9.17) is 15.0 Å². The van der Waals surface area contributed by atoms with Crippen molar-refractivity contribution < 1.29 is 0 Å². The minimum absolute atomic E-state index is 0.691. The molecule has 56 heavy (non-hydrogen) atoms. The zero-order valence-corrected chi connectivity index (χ0v) is 30.5. The van der Waals surface area contributed by atoms with Gasteiger partial charge in [0.05, 0.1) is 22.6 Å². The Morgan fingerprint density at radius 2 is 0.714 bits per heavy atom. The molecule has 0 atom stereocenters. The third kappa shape index (κ3) is 6.31. The highest BCUT2D eigenvalue weighted by Crippen LogP contribution is 2.41. The summed E-state index contributed by atoms with van der Waals surface area (Å²) in [6.45, 7) is 0. The standard InChI is InChI=1S/C53H35N3/c1-5-17-36(18-6-1)40-25-15-27-42(31-40)49-35-50(56-53(55-49)39-23-11-4-12-24-39)43-28-16-26-41(32-43)46-33-51-52(45-30-14-13-29-44(45)46)47(37-19-7-2-8-20-37)34-48(54-51)38-21-9-3-10-22-38/h1-35H. The molecule has 0 bridgehead atoms. The van der Waals surface area contributed by atoms with Gasteiger partial charge in [0.15, 0.2) is 5.82 Å². The summed E-state index contributed by atoms with van der Waals surface area (Å²) in [6, 6.07) is 74.5. The van der Waals surface area contributed by atoms with E-state index in [-0.39, 0.29) is 0 Å². The Hall–Kier alpha value is -7.49. The predicted molar refractivity (Wildman–Crippen MR) is 233 cm³/mol. The highest BCUT2D eigenvalue weighted by Gasteiger charge is 2.17. The summed E-state index contributed by atoms with van der Waals surface area (Å²) in [4.78, 5) is 15.7. The highest BCUT2D eigenvalue weighted by molar-refractivity contribution is 6.18. The second kappa shape index (κ2) is 14.4. The van der Waals surface area contributed by atoms with Gasteiger partial charge in [-0.1, -0.05) is 182 Å². The van der Waals surface area contributed by atoms with Gasteiger partial charge in [-0.05, 0) is 74.5 Å². The van der Waals surface area contributed by atoms with E-state index < -0.39 is 0 Å². The average Bonchev–Trinajstić information content (AvgIpc) is 3.29. The number of fused-ring (bicyclic) bond motifs is 3. The van der Waals surface area contributed by atoms with Gasteiger partial charge < -0.3 is 0 Å². The Kier molecular flexibility index (Phi) is 8.51. The summed E-state index contributed by atoms with van der Waals surface area (Å²) in [5.74, 6) is 0.691. The van der Waals surface area contributed by atoms with Gasteiger partial charge in [-0.25, -0.2) is 15.0 Å². The normalized spacial score (nSPS) is 11.2. The molecular formula is C53H35N3. The van der Waals surface area contributed by atoms with Gasteiger partial charge in [0.1, 0.15) is 0 Å². The lowest BCUT2D eigenvalue weighted by molar-refractivity contribution is 1.18. The van der Waals surface area contributed by atoms with Crippen LogP contribution < -0.4 is 0 Å². The molecule has 10 aromatic rings. The quantitative estimate of drug-likeness (QED) is 0.154. The summed E-state index contributed by atoms with van der Waals surface area (Å²) in [5, 5.41) is 3.50. The summed E-state index contributed by atoms with van der Waals surface area (Å²) in [5.41, 5.74) is 14.6. The van der Waals surface area contributed by atoms with Crippen molar-refractivity contribution >= 4 is 21.7 Å². The topological polar surface area (TPSA) is 38.7 Å². The Morgan fingerprint density at radius 3 is 1.36 bits per heavy atom. The van der Waals surface area contributed by atoms with E-state index in [0.717, 1.165) is 66.9 Å². The third-order valence-electron chi connectivity index (χ3n) is 10.5. The molecule has 3 heteroatoms. The fraction of sp³-hybridized carbons (Fsp3) is 0. The maximum atomic E-state index is 5.35. The molecule has 262 valence electrons. The first kappa shape index (κ1) is 33.1. The number of pyridine rings is 1. The molecule has 0 unspecified atom stereocenters. The average molecular weight is 714 g/mol. The molecule has 10 rings (SSSR count). The minimum atomic E-state index is 0.691. The summed E-state index contributed by atoms with van der Waals surface area (Å²) < 4.78 is 0. The number of aromatic nitrogens is 3. The molecular weight excluding hydrogens is 679 g/mol. The van der Waals surface area contributed by atoms with Gasteiger partial charge in [-0.2, -0.15) is 0 Å². The van der Waals surface area contributed by atoms with Crippen LogP contribution in [-0.2, 0) is 0 Å². The summed E-state index contributed by atoms with van der Waals surface area (Å²) >= 11 is 0. The lowest BCUT2D eigenvalue weighted by Gasteiger charge is -2.16. The summed E-state index contributed by atoms with van der Waals surface area (Å²) in [7, 11) is 0. The Balaban J connectivity index is 1.16. The van der Waals surface area contributed by atoms with Crippen LogP contribution in [-0.4, -0.2) is 15.0 Å². The van der Waals surface area contributed by atoms with E-state index in [9.17, 15) is 0 Å². The van der Waals surface area contributed by atoms with Crippen LogP contribution in [0.2, 0.25) is 0 Å². The molecule has 0 aliphatic carbocycles. The Bertz CT molecular complexity index is 3000. The molecule has 0 aliphatic rings. The molecule has 8 aromatic carbocycles. The molecule has 0 amide bonds. The largest absolute Gasteiger partial charge is 0.248 e. The zero-order valence-electron chi connectivity index (χ0n) is 30.5. The van der Waals surface area contributed by atoms with Crippen LogP contribution in [0.5, 0.6) is 0 Å². The first-order chi connectivity index (χ1) is 27.7. The van der Waals surface area contributed by atoms with Gasteiger partial charge in [-0.15, -0.1) is 0 Å². The van der Waals surface area contributed by atoms with Crippen molar-refractivity contribution in [3.05, 3.63) is 212 Å². The van der Waals surface area contributed by atoms with Crippen LogP contribution in [0.3, 0.4) is 0 Å². The second-order valence-corrected chi connectivity index (χ2v) is 14.0. The van der Waals surface area contributed by atoms with Crippen LogP contribution in [0.4, 0.5) is 0 Å². The van der Waals surface area contributed by atoms with Gasteiger partial charge >= 0.3 is 0 Å². The molecule has 0 saturated carbocycles. The lowest BCUT2D eigenvalue weighted by atomic mass is 9.90. The first-order valence-electron chi connectivity index (χ1n) is 18.9. The monoisotopic (exact) mass is 713 g/mol. The lowest BCUT2D eigenvalue weighted by Crippen LogP contribution is -1.96. The van der Waals surface area contributed by atoms with E-state index in [2.05, 4.69) is 182 Å². The molecule has 0 spiro atoms. The molecule has 0 saturated heterocycles. The van der Waals surface area contributed by atoms with Gasteiger partial charge in [0.2, 0.25) is 0 Å². The van der Waals surface area contributed by atoms with Crippen LogP contribution in [0.15, 0.2) is 212 Å².